The quantitative estimate of drug-likeness (QED) is 0.485. The summed E-state index contributed by atoms with van der Waals surface area (Å²) in [5, 5.41) is 0. The van der Waals surface area contributed by atoms with Crippen molar-refractivity contribution < 1.29 is 0 Å². The Kier molecular flexibility index (Phi) is 2.81. The lowest BCUT2D eigenvalue weighted by atomic mass is 9.88. The fourth-order valence-electron chi connectivity index (χ4n) is 0.599. The predicted octanol–water partition coefficient (Wildman–Crippen LogP) is 1.22. The van der Waals surface area contributed by atoms with Crippen LogP contribution in [0.15, 0.2) is 0 Å². The lowest BCUT2D eigenvalue weighted by Crippen LogP contribution is -2.27. The molecule has 1 unspecified atom stereocenters. The van der Waals surface area contributed by atoms with Gasteiger partial charge in [0.25, 0.3) is 6.57 Å². The second-order valence-electron chi connectivity index (χ2n) is 2.07. The first kappa shape index (κ1) is 9.17. The average molecular weight is 142 g/mol. The van der Waals surface area contributed by atoms with Gasteiger partial charge in [0.2, 0.25) is 0 Å². The van der Waals surface area contributed by atoms with Crippen molar-refractivity contribution in [3.8, 4) is 43.6 Å². The van der Waals surface area contributed by atoms with Gasteiger partial charge in [-0.05, 0) is 6.92 Å². The van der Waals surface area contributed by atoms with E-state index in [1.807, 2.05) is 0 Å². The Morgan fingerprint density at radius 2 is 1.73 bits per heavy atom. The Labute approximate surface area is 67.6 Å². The van der Waals surface area contributed by atoms with E-state index in [-0.39, 0.29) is 5.92 Å². The average Bonchev–Trinajstić information content (AvgIpc) is 2.08. The van der Waals surface area contributed by atoms with Gasteiger partial charge in [-0.15, -0.1) is 19.3 Å². The summed E-state index contributed by atoms with van der Waals surface area (Å²) >= 11 is 0. The standard InChI is InChI=1S/C10H8N/c1-6-9(4)10(7-2,8-3)11-5/h1-3,5,9H,4H3/q+1. The molecule has 0 rings (SSSR count). The van der Waals surface area contributed by atoms with Crippen molar-refractivity contribution in [3.63, 3.8) is 0 Å². The highest BCUT2D eigenvalue weighted by Crippen LogP contribution is 2.19. The molecule has 0 heterocycles. The first-order chi connectivity index (χ1) is 5.16. The van der Waals surface area contributed by atoms with E-state index in [1.54, 1.807) is 6.92 Å². The van der Waals surface area contributed by atoms with Crippen LogP contribution in [0.4, 0.5) is 0 Å². The molecule has 0 aliphatic carbocycles. The maximum Gasteiger partial charge on any atom is 0.412 e. The largest absolute Gasteiger partial charge is 0.412 e. The van der Waals surface area contributed by atoms with Crippen molar-refractivity contribution in [1.82, 2.24) is 0 Å². The Bertz CT molecular complexity index is 262. The van der Waals surface area contributed by atoms with Crippen LogP contribution in [0.25, 0.3) is 4.85 Å². The molecule has 0 saturated heterocycles. The maximum absolute atomic E-state index is 5.14. The molecule has 0 aliphatic rings. The van der Waals surface area contributed by atoms with E-state index in [1.165, 1.54) is 0 Å². The van der Waals surface area contributed by atoms with Gasteiger partial charge in [-0.25, -0.2) is 0 Å². The van der Waals surface area contributed by atoms with E-state index >= 15 is 0 Å². The van der Waals surface area contributed by atoms with Crippen LogP contribution < -0.4 is 0 Å². The fraction of sp³-hybridized carbons (Fsp3) is 0.300. The van der Waals surface area contributed by atoms with Crippen LogP contribution in [0.2, 0.25) is 0 Å². The first-order valence-electron chi connectivity index (χ1n) is 3.00. The molecular weight excluding hydrogens is 134 g/mol. The third-order valence-corrected chi connectivity index (χ3v) is 1.52. The normalized spacial score (nSPS) is 11.4. The van der Waals surface area contributed by atoms with Gasteiger partial charge in [0.05, 0.1) is 0 Å². The van der Waals surface area contributed by atoms with Crippen molar-refractivity contribution in [1.29, 1.82) is 0 Å². The zero-order valence-corrected chi connectivity index (χ0v) is 6.33. The molecule has 0 aliphatic heterocycles. The maximum atomic E-state index is 5.14. The number of nitrogens with zero attached hydrogens (tertiary/aromatic N) is 1. The van der Waals surface area contributed by atoms with Crippen LogP contribution in [-0.2, 0) is 0 Å². The summed E-state index contributed by atoms with van der Waals surface area (Å²) in [5.41, 5.74) is -1.14. The molecule has 0 spiro atoms. The summed E-state index contributed by atoms with van der Waals surface area (Å²) in [7, 11) is 0. The summed E-state index contributed by atoms with van der Waals surface area (Å²) in [6.45, 7) is 6.75. The van der Waals surface area contributed by atoms with Gasteiger partial charge in [0.1, 0.15) is 5.92 Å². The Hall–Kier alpha value is -1.83. The molecule has 11 heavy (non-hydrogen) atoms. The highest BCUT2D eigenvalue weighted by molar-refractivity contribution is 5.40. The molecule has 0 radical (unpaired) electrons. The molecule has 0 aromatic rings. The highest BCUT2D eigenvalue weighted by Gasteiger charge is 2.41. The molecule has 0 amide bonds. The second kappa shape index (κ2) is 3.37. The predicted molar refractivity (Wildman–Crippen MR) is 46.7 cm³/mol. The first-order valence-corrected chi connectivity index (χ1v) is 3.00. The van der Waals surface area contributed by atoms with Crippen LogP contribution in [0.1, 0.15) is 6.92 Å². The van der Waals surface area contributed by atoms with Crippen molar-refractivity contribution in [3.05, 3.63) is 4.85 Å². The molecule has 0 fully saturated rings. The van der Waals surface area contributed by atoms with Crippen molar-refractivity contribution in [2.24, 2.45) is 5.92 Å². The summed E-state index contributed by atoms with van der Waals surface area (Å²) < 4.78 is 0. The zero-order valence-electron chi connectivity index (χ0n) is 6.33. The highest BCUT2D eigenvalue weighted by atomic mass is 14.8. The van der Waals surface area contributed by atoms with Gasteiger partial charge in [-0.1, -0.05) is 10.8 Å². The van der Waals surface area contributed by atoms with Crippen molar-refractivity contribution in [2.75, 3.05) is 0 Å². The lowest BCUT2D eigenvalue weighted by Gasteiger charge is -2.06. The van der Waals surface area contributed by atoms with Crippen molar-refractivity contribution in [2.45, 2.75) is 12.5 Å². The topological polar surface area (TPSA) is 4.36 Å². The smallest absolute Gasteiger partial charge is 0.119 e. The SMILES string of the molecule is C#CC(C)C(C#C)(C#C)[N+]#C. The molecule has 0 aromatic heterocycles. The summed E-state index contributed by atoms with van der Waals surface area (Å²) in [4.78, 5) is 3.41. The number of hydrogen-bond acceptors (Lipinski definition) is 0. The number of terminal acetylenes is 3. The molecule has 0 saturated carbocycles. The van der Waals surface area contributed by atoms with Gasteiger partial charge in [0, 0.05) is 11.8 Å². The number of hydrogen-bond donors (Lipinski definition) is 0. The van der Waals surface area contributed by atoms with Gasteiger partial charge < -0.3 is 0 Å². The second-order valence-corrected chi connectivity index (χ2v) is 2.07. The lowest BCUT2D eigenvalue weighted by molar-refractivity contribution is 0.644. The van der Waals surface area contributed by atoms with E-state index < -0.39 is 5.54 Å². The van der Waals surface area contributed by atoms with E-state index in [4.69, 9.17) is 25.8 Å². The molecular formula is C10H8N+. The Morgan fingerprint density at radius 1 is 1.27 bits per heavy atom. The van der Waals surface area contributed by atoms with Gasteiger partial charge in [-0.2, -0.15) is 0 Å². The Morgan fingerprint density at radius 3 is 1.82 bits per heavy atom. The molecule has 0 aromatic carbocycles. The van der Waals surface area contributed by atoms with Crippen LogP contribution in [0, 0.1) is 49.5 Å². The van der Waals surface area contributed by atoms with Crippen LogP contribution in [0.3, 0.4) is 0 Å². The van der Waals surface area contributed by atoms with E-state index in [2.05, 4.69) is 22.6 Å². The molecule has 0 N–H and O–H groups in total. The number of rotatable bonds is 1. The van der Waals surface area contributed by atoms with E-state index in [0.717, 1.165) is 0 Å². The Balaban J connectivity index is 5.01. The fourth-order valence-corrected chi connectivity index (χ4v) is 0.599. The van der Waals surface area contributed by atoms with Gasteiger partial charge in [0.15, 0.2) is 0 Å². The van der Waals surface area contributed by atoms with E-state index in [0.29, 0.717) is 0 Å². The molecule has 1 nitrogen and oxygen atoms in total. The monoisotopic (exact) mass is 142 g/mol. The molecule has 1 atom stereocenters. The van der Waals surface area contributed by atoms with Gasteiger partial charge in [-0.3, -0.25) is 0 Å². The minimum absolute atomic E-state index is 0.345. The van der Waals surface area contributed by atoms with Crippen LogP contribution in [-0.4, -0.2) is 5.54 Å². The third-order valence-electron chi connectivity index (χ3n) is 1.52. The summed E-state index contributed by atoms with van der Waals surface area (Å²) in [5.74, 6) is 6.65. The third kappa shape index (κ3) is 1.35. The van der Waals surface area contributed by atoms with Crippen molar-refractivity contribution >= 4 is 0 Å². The van der Waals surface area contributed by atoms with Crippen LogP contribution in [0.5, 0.6) is 0 Å². The zero-order chi connectivity index (χ0) is 8.91. The molecule has 1 heteroatoms. The molecule has 52 valence electrons. The van der Waals surface area contributed by atoms with Gasteiger partial charge >= 0.3 is 5.54 Å². The summed E-state index contributed by atoms with van der Waals surface area (Å²) in [6, 6.07) is 0. The van der Waals surface area contributed by atoms with Crippen LogP contribution >= 0.6 is 0 Å². The molecule has 0 bridgehead atoms. The minimum Gasteiger partial charge on any atom is -0.119 e. The summed E-state index contributed by atoms with van der Waals surface area (Å²) in [6.07, 6.45) is 15.4. The minimum atomic E-state index is -1.14. The van der Waals surface area contributed by atoms with E-state index in [9.17, 15) is 0 Å².